The third-order valence-corrected chi connectivity index (χ3v) is 7.98. The van der Waals surface area contributed by atoms with Crippen LogP contribution in [0.2, 0.25) is 0 Å². The van der Waals surface area contributed by atoms with Gasteiger partial charge in [0.05, 0.1) is 6.04 Å². The van der Waals surface area contributed by atoms with Crippen LogP contribution >= 0.6 is 11.3 Å². The number of nitrogens with one attached hydrogen (secondary N) is 2. The van der Waals surface area contributed by atoms with Crippen molar-refractivity contribution >= 4 is 34.7 Å². The molecule has 2 aliphatic rings. The third kappa shape index (κ3) is 6.36. The van der Waals surface area contributed by atoms with Crippen molar-refractivity contribution < 1.29 is 23.9 Å². The number of benzene rings is 2. The smallest absolute Gasteiger partial charge is 0.286 e. The van der Waals surface area contributed by atoms with Crippen LogP contribution < -0.4 is 20.1 Å². The maximum absolute atomic E-state index is 13.0. The molecule has 11 heteroatoms. The number of hydrogen-bond acceptors (Lipinski definition) is 8. The quantitative estimate of drug-likeness (QED) is 0.432. The minimum Gasteiger partial charge on any atom is -0.454 e. The van der Waals surface area contributed by atoms with Crippen molar-refractivity contribution in [1.29, 1.82) is 0 Å². The Morgan fingerprint density at radius 2 is 1.74 bits per heavy atom. The van der Waals surface area contributed by atoms with Crippen molar-refractivity contribution in [2.24, 2.45) is 5.92 Å². The number of aromatic nitrogens is 2. The van der Waals surface area contributed by atoms with E-state index in [2.05, 4.69) is 52.0 Å². The SMILES string of the molecule is CCc1ccc([C@@H](C)NC(=O)CC2CCN(C(=O)c3nnc(C(=O)Nc4ccc5c(c4)OCO5)s3)CC2)cc1. The van der Waals surface area contributed by atoms with Gasteiger partial charge in [0.15, 0.2) is 11.5 Å². The van der Waals surface area contributed by atoms with Gasteiger partial charge in [0.2, 0.25) is 22.7 Å². The maximum Gasteiger partial charge on any atom is 0.286 e. The van der Waals surface area contributed by atoms with Crippen LogP contribution in [0.3, 0.4) is 0 Å². The maximum atomic E-state index is 13.0. The summed E-state index contributed by atoms with van der Waals surface area (Å²) in [6, 6.07) is 13.3. The lowest BCUT2D eigenvalue weighted by Gasteiger charge is -2.31. The van der Waals surface area contributed by atoms with Crippen LogP contribution in [0.5, 0.6) is 11.5 Å². The fourth-order valence-corrected chi connectivity index (χ4v) is 5.43. The highest BCUT2D eigenvalue weighted by Gasteiger charge is 2.28. The van der Waals surface area contributed by atoms with Crippen molar-refractivity contribution in [3.8, 4) is 11.5 Å². The second kappa shape index (κ2) is 11.8. The number of ether oxygens (including phenoxy) is 2. The predicted octanol–water partition coefficient (Wildman–Crippen LogP) is 4.20. The molecule has 2 aliphatic heterocycles. The van der Waals surface area contributed by atoms with E-state index in [-0.39, 0.29) is 40.6 Å². The van der Waals surface area contributed by atoms with Crippen molar-refractivity contribution in [2.75, 3.05) is 25.2 Å². The minimum atomic E-state index is -0.453. The van der Waals surface area contributed by atoms with Gasteiger partial charge in [-0.2, -0.15) is 0 Å². The summed E-state index contributed by atoms with van der Waals surface area (Å²) in [6.07, 6.45) is 2.88. The molecule has 204 valence electrons. The monoisotopic (exact) mass is 549 g/mol. The molecule has 3 aromatic rings. The zero-order valence-electron chi connectivity index (χ0n) is 21.9. The Kier molecular flexibility index (Phi) is 8.06. The lowest BCUT2D eigenvalue weighted by atomic mass is 9.93. The van der Waals surface area contributed by atoms with Gasteiger partial charge in [0.25, 0.3) is 11.8 Å². The summed E-state index contributed by atoms with van der Waals surface area (Å²) in [7, 11) is 0. The molecule has 0 aliphatic carbocycles. The van der Waals surface area contributed by atoms with Gasteiger partial charge in [-0.1, -0.05) is 42.5 Å². The molecular weight excluding hydrogens is 518 g/mol. The average molecular weight is 550 g/mol. The molecule has 1 saturated heterocycles. The Balaban J connectivity index is 1.08. The molecule has 0 unspecified atom stereocenters. The molecule has 1 atom stereocenters. The van der Waals surface area contributed by atoms with Gasteiger partial charge in [0, 0.05) is 31.3 Å². The molecular formula is C28H31N5O5S. The first kappa shape index (κ1) is 26.6. The highest BCUT2D eigenvalue weighted by atomic mass is 32.1. The van der Waals surface area contributed by atoms with Crippen molar-refractivity contribution in [2.45, 2.75) is 45.6 Å². The largest absolute Gasteiger partial charge is 0.454 e. The molecule has 0 saturated carbocycles. The van der Waals surface area contributed by atoms with Gasteiger partial charge in [-0.25, -0.2) is 0 Å². The summed E-state index contributed by atoms with van der Waals surface area (Å²) in [4.78, 5) is 40.0. The van der Waals surface area contributed by atoms with E-state index in [0.717, 1.165) is 36.2 Å². The van der Waals surface area contributed by atoms with E-state index in [1.165, 1.54) is 5.56 Å². The number of rotatable bonds is 8. The number of amides is 3. The van der Waals surface area contributed by atoms with E-state index in [1.54, 1.807) is 23.1 Å². The summed E-state index contributed by atoms with van der Waals surface area (Å²) in [6.45, 7) is 5.32. The number of aryl methyl sites for hydroxylation is 1. The van der Waals surface area contributed by atoms with E-state index in [9.17, 15) is 14.4 Å². The zero-order chi connectivity index (χ0) is 27.4. The molecule has 0 bridgehead atoms. The lowest BCUT2D eigenvalue weighted by molar-refractivity contribution is -0.122. The van der Waals surface area contributed by atoms with E-state index in [1.807, 2.05) is 6.92 Å². The number of piperidine rings is 1. The Bertz CT molecular complexity index is 1350. The van der Waals surface area contributed by atoms with Crippen LogP contribution in [-0.2, 0) is 11.2 Å². The van der Waals surface area contributed by atoms with E-state index in [4.69, 9.17) is 9.47 Å². The molecule has 10 nitrogen and oxygen atoms in total. The van der Waals surface area contributed by atoms with Gasteiger partial charge < -0.3 is 25.0 Å². The van der Waals surface area contributed by atoms with E-state index >= 15 is 0 Å². The van der Waals surface area contributed by atoms with Crippen molar-refractivity contribution in [1.82, 2.24) is 20.4 Å². The molecule has 39 heavy (non-hydrogen) atoms. The average Bonchev–Trinajstić information content (AvgIpc) is 3.63. The second-order valence-electron chi connectivity index (χ2n) is 9.76. The van der Waals surface area contributed by atoms with Crippen molar-refractivity contribution in [3.05, 3.63) is 63.6 Å². The third-order valence-electron chi connectivity index (χ3n) is 7.07. The molecule has 5 rings (SSSR count). The number of fused-ring (bicyclic) bond motifs is 1. The molecule has 0 spiro atoms. The number of hydrogen-bond donors (Lipinski definition) is 2. The first-order chi connectivity index (χ1) is 18.9. The molecule has 3 heterocycles. The summed E-state index contributed by atoms with van der Waals surface area (Å²) < 4.78 is 10.6. The first-order valence-corrected chi connectivity index (χ1v) is 13.9. The summed E-state index contributed by atoms with van der Waals surface area (Å²) in [5.41, 5.74) is 2.89. The molecule has 3 amide bonds. The Labute approximate surface area is 230 Å². The number of likely N-dealkylation sites (tertiary alicyclic amines) is 1. The number of carbonyl (C=O) groups is 3. The van der Waals surface area contributed by atoms with Crippen molar-refractivity contribution in [3.63, 3.8) is 0 Å². The minimum absolute atomic E-state index is 0.0223. The highest BCUT2D eigenvalue weighted by Crippen LogP contribution is 2.34. The Morgan fingerprint density at radius 1 is 1.03 bits per heavy atom. The van der Waals surface area contributed by atoms with Gasteiger partial charge in [-0.3, -0.25) is 14.4 Å². The number of carbonyl (C=O) groups excluding carboxylic acids is 3. The Hall–Kier alpha value is -3.99. The predicted molar refractivity (Wildman–Crippen MR) is 146 cm³/mol. The van der Waals surface area contributed by atoms with Gasteiger partial charge in [-0.05, 0) is 55.4 Å². The van der Waals surface area contributed by atoms with Gasteiger partial charge in [0.1, 0.15) is 0 Å². The molecule has 1 fully saturated rings. The zero-order valence-corrected chi connectivity index (χ0v) is 22.8. The van der Waals surface area contributed by atoms with Gasteiger partial charge in [-0.15, -0.1) is 10.2 Å². The van der Waals surface area contributed by atoms with Gasteiger partial charge >= 0.3 is 0 Å². The standard InChI is InChI=1S/C28H31N5O5S/c1-3-18-4-6-20(7-5-18)17(2)29-24(34)14-19-10-12-33(13-11-19)28(36)27-32-31-26(39-27)25(35)30-21-8-9-22-23(15-21)38-16-37-22/h4-9,15,17,19H,3,10-14,16H2,1-2H3,(H,29,34)(H,30,35)/t17-/m1/s1. The highest BCUT2D eigenvalue weighted by molar-refractivity contribution is 7.15. The van der Waals surface area contributed by atoms with Crippen LogP contribution in [0.1, 0.15) is 69.9 Å². The second-order valence-corrected chi connectivity index (χ2v) is 10.7. The first-order valence-electron chi connectivity index (χ1n) is 13.1. The lowest BCUT2D eigenvalue weighted by Crippen LogP contribution is -2.39. The normalized spacial score (nSPS) is 15.6. The number of nitrogens with zero attached hydrogens (tertiary/aromatic N) is 3. The molecule has 1 aromatic heterocycles. The van der Waals surface area contributed by atoms with Crippen LogP contribution in [0.4, 0.5) is 5.69 Å². The molecule has 2 aromatic carbocycles. The van der Waals surface area contributed by atoms with Crippen LogP contribution in [0.15, 0.2) is 42.5 Å². The summed E-state index contributed by atoms with van der Waals surface area (Å²) in [5, 5.41) is 14.0. The topological polar surface area (TPSA) is 123 Å². The Morgan fingerprint density at radius 3 is 2.49 bits per heavy atom. The van der Waals surface area contributed by atoms with Crippen LogP contribution in [0, 0.1) is 5.92 Å². The molecule has 2 N–H and O–H groups in total. The van der Waals surface area contributed by atoms with E-state index < -0.39 is 5.91 Å². The number of anilines is 1. The summed E-state index contributed by atoms with van der Waals surface area (Å²) >= 11 is 0.960. The fraction of sp³-hybridized carbons (Fsp3) is 0.393. The fourth-order valence-electron chi connectivity index (χ4n) is 4.72. The van der Waals surface area contributed by atoms with Crippen LogP contribution in [-0.4, -0.2) is 52.7 Å². The molecule has 0 radical (unpaired) electrons. The van der Waals surface area contributed by atoms with E-state index in [0.29, 0.717) is 36.7 Å². The summed E-state index contributed by atoms with van der Waals surface area (Å²) in [5.74, 6) is 0.703. The van der Waals surface area contributed by atoms with Crippen LogP contribution in [0.25, 0.3) is 0 Å².